The van der Waals surface area contributed by atoms with Gasteiger partial charge in [-0.1, -0.05) is 5.16 Å². The van der Waals surface area contributed by atoms with Crippen molar-refractivity contribution in [2.45, 2.75) is 18.0 Å². The Balaban J connectivity index is 1.39. The van der Waals surface area contributed by atoms with Crippen molar-refractivity contribution in [2.24, 2.45) is 5.16 Å². The number of pyridine rings is 1. The molecule has 16 heteroatoms. The maximum atomic E-state index is 13.0. The van der Waals surface area contributed by atoms with Gasteiger partial charge in [0.05, 0.1) is 17.7 Å². The molecule has 1 saturated heterocycles. The molecule has 0 spiro atoms. The lowest BCUT2D eigenvalue weighted by Crippen LogP contribution is -2.71. The molecule has 38 heavy (non-hydrogen) atoms. The number of thiazole rings is 1. The number of carbonyl (C=O) groups excluding carboxylic acids is 3. The Morgan fingerprint density at radius 3 is 2.89 bits per heavy atom. The van der Waals surface area contributed by atoms with Gasteiger partial charge in [-0.3, -0.25) is 14.5 Å². The first-order valence-electron chi connectivity index (χ1n) is 10.9. The number of furan rings is 1. The Labute approximate surface area is 221 Å². The lowest BCUT2D eigenvalue weighted by atomic mass is 10.0. The fourth-order valence-corrected chi connectivity index (χ4v) is 6.08. The van der Waals surface area contributed by atoms with Crippen LogP contribution in [-0.4, -0.2) is 68.7 Å². The minimum Gasteiger partial charge on any atom is -0.543 e. The first-order chi connectivity index (χ1) is 18.2. The van der Waals surface area contributed by atoms with E-state index in [4.69, 9.17) is 15.0 Å². The average molecular weight is 559 g/mol. The van der Waals surface area contributed by atoms with Crippen molar-refractivity contribution in [1.82, 2.24) is 15.2 Å². The number of hydrogen-bond donors (Lipinski definition) is 3. The number of nitrogens with zero attached hydrogens (tertiary/aromatic N) is 4. The van der Waals surface area contributed by atoms with Gasteiger partial charge in [0.2, 0.25) is 5.76 Å². The smallest absolute Gasteiger partial charge is 0.372 e. The van der Waals surface area contributed by atoms with Gasteiger partial charge in [-0.15, -0.1) is 23.1 Å². The number of aromatic carboxylic acids is 1. The number of fused-ring (bicyclic) bond motifs is 2. The molecule has 3 aromatic rings. The molecule has 2 aliphatic heterocycles. The molecule has 196 valence electrons. The van der Waals surface area contributed by atoms with Crippen LogP contribution in [0.5, 0.6) is 0 Å². The number of oxime groups is 1. The van der Waals surface area contributed by atoms with E-state index in [1.54, 1.807) is 22.9 Å². The van der Waals surface area contributed by atoms with Crippen LogP contribution in [0.25, 0.3) is 11.1 Å². The standard InChI is InChI=1S/C22H18N6O8S2/c1-35-26-14(10-8-38-22(23)24-10)17(29)25-15-18(30)28-16(21(33)34)9(7-37-19(15)28)6-27-4-2-3-12-11(27)5-13(36-12)20(31)32/h2-5,8,15,19H,6-7H2,1H3,(H4-,23,24,25,29,31,32,33,34)/b26-14-/t15?,19-/m1/s1. The lowest BCUT2D eigenvalue weighted by molar-refractivity contribution is -0.663. The van der Waals surface area contributed by atoms with Gasteiger partial charge >= 0.3 is 5.97 Å². The Bertz CT molecular complexity index is 1560. The topological polar surface area (TPSA) is 204 Å². The summed E-state index contributed by atoms with van der Waals surface area (Å²) in [6.07, 6.45) is 1.64. The minimum absolute atomic E-state index is 0.0374. The van der Waals surface area contributed by atoms with E-state index in [1.165, 1.54) is 30.3 Å². The summed E-state index contributed by atoms with van der Waals surface area (Å²) in [6.45, 7) is 0.0374. The number of carboxylic acids is 2. The summed E-state index contributed by atoms with van der Waals surface area (Å²) in [5.74, 6) is -4.22. The summed E-state index contributed by atoms with van der Waals surface area (Å²) in [5, 5.41) is 28.7. The molecule has 5 heterocycles. The van der Waals surface area contributed by atoms with E-state index >= 15 is 0 Å². The van der Waals surface area contributed by atoms with Crippen LogP contribution in [0, 0.1) is 0 Å². The Kier molecular flexibility index (Phi) is 6.50. The van der Waals surface area contributed by atoms with Crippen molar-refractivity contribution in [1.29, 1.82) is 0 Å². The summed E-state index contributed by atoms with van der Waals surface area (Å²) in [4.78, 5) is 59.2. The predicted molar refractivity (Wildman–Crippen MR) is 130 cm³/mol. The van der Waals surface area contributed by atoms with Gasteiger partial charge in [-0.25, -0.2) is 9.78 Å². The number of aromatic nitrogens is 2. The predicted octanol–water partition coefficient (Wildman–Crippen LogP) is -1.09. The second-order valence-electron chi connectivity index (χ2n) is 8.10. The van der Waals surface area contributed by atoms with Crippen LogP contribution in [0.1, 0.15) is 16.2 Å². The highest BCUT2D eigenvalue weighted by molar-refractivity contribution is 8.00. The quantitative estimate of drug-likeness (QED) is 0.131. The Morgan fingerprint density at radius 2 is 2.24 bits per heavy atom. The van der Waals surface area contributed by atoms with E-state index in [0.29, 0.717) is 16.7 Å². The van der Waals surface area contributed by atoms with Crippen molar-refractivity contribution in [2.75, 3.05) is 18.6 Å². The third-order valence-corrected chi connectivity index (χ3v) is 7.84. The number of β-lactam (4-membered cyclic amide) rings is 1. The Hall–Kier alpha value is -4.44. The first kappa shape index (κ1) is 25.2. The monoisotopic (exact) mass is 558 g/mol. The molecule has 1 fully saturated rings. The lowest BCUT2D eigenvalue weighted by Gasteiger charge is -2.50. The van der Waals surface area contributed by atoms with E-state index < -0.39 is 35.2 Å². The maximum absolute atomic E-state index is 13.0. The number of hydrogen-bond acceptors (Lipinski definition) is 12. The van der Waals surface area contributed by atoms with Crippen LogP contribution < -0.4 is 20.7 Å². The molecule has 4 N–H and O–H groups in total. The van der Waals surface area contributed by atoms with Gasteiger partial charge in [0.25, 0.3) is 17.3 Å². The maximum Gasteiger partial charge on any atom is 0.372 e. The zero-order chi connectivity index (χ0) is 27.1. The number of nitrogens with one attached hydrogen (secondary N) is 1. The summed E-state index contributed by atoms with van der Waals surface area (Å²) < 4.78 is 6.94. The molecule has 14 nitrogen and oxygen atoms in total. The van der Waals surface area contributed by atoms with Crippen molar-refractivity contribution < 1.29 is 43.2 Å². The van der Waals surface area contributed by atoms with Crippen molar-refractivity contribution in [3.63, 3.8) is 0 Å². The van der Waals surface area contributed by atoms with Crippen molar-refractivity contribution in [3.8, 4) is 0 Å². The highest BCUT2D eigenvalue weighted by Gasteiger charge is 2.53. The molecule has 5 rings (SSSR count). The second-order valence-corrected chi connectivity index (χ2v) is 10.1. The molecular weight excluding hydrogens is 540 g/mol. The zero-order valence-electron chi connectivity index (χ0n) is 19.4. The number of carbonyl (C=O) groups is 4. The number of aliphatic carboxylic acids is 1. The minimum atomic E-state index is -1.55. The highest BCUT2D eigenvalue weighted by Crippen LogP contribution is 2.40. The number of carboxylic acid groups (broad SMARTS) is 2. The van der Waals surface area contributed by atoms with Crippen LogP contribution in [0.2, 0.25) is 0 Å². The number of thioether (sulfide) groups is 1. The third kappa shape index (κ3) is 4.32. The largest absolute Gasteiger partial charge is 0.543 e. The third-order valence-electron chi connectivity index (χ3n) is 5.82. The van der Waals surface area contributed by atoms with Crippen LogP contribution in [0.4, 0.5) is 5.13 Å². The molecule has 2 amide bonds. The van der Waals surface area contributed by atoms with Gasteiger partial charge in [0.1, 0.15) is 24.2 Å². The van der Waals surface area contributed by atoms with E-state index in [1.807, 2.05) is 0 Å². The van der Waals surface area contributed by atoms with E-state index in [9.17, 15) is 29.4 Å². The zero-order valence-corrected chi connectivity index (χ0v) is 21.1. The summed E-state index contributed by atoms with van der Waals surface area (Å²) in [5.41, 5.74) is 6.44. The highest BCUT2D eigenvalue weighted by atomic mass is 32.2. The molecule has 0 bridgehead atoms. The molecule has 0 aliphatic carbocycles. The van der Waals surface area contributed by atoms with Crippen LogP contribution in [-0.2, 0) is 25.8 Å². The molecule has 2 atom stereocenters. The Morgan fingerprint density at radius 1 is 1.45 bits per heavy atom. The summed E-state index contributed by atoms with van der Waals surface area (Å²) in [6, 6.07) is 3.53. The van der Waals surface area contributed by atoms with Crippen molar-refractivity contribution >= 4 is 68.8 Å². The molecule has 0 aromatic carbocycles. The van der Waals surface area contributed by atoms with E-state index in [0.717, 1.165) is 16.2 Å². The first-order valence-corrected chi connectivity index (χ1v) is 12.8. The van der Waals surface area contributed by atoms with Gasteiger partial charge in [-0.05, 0) is 6.07 Å². The molecular formula is C22H18N6O8S2. The summed E-state index contributed by atoms with van der Waals surface area (Å²) >= 11 is 2.36. The number of nitrogens with two attached hydrogens (primary N) is 1. The number of amides is 2. The van der Waals surface area contributed by atoms with E-state index in [2.05, 4.69) is 15.5 Å². The normalized spacial score (nSPS) is 19.2. The number of anilines is 1. The fraction of sp³-hybridized carbons (Fsp3) is 0.227. The van der Waals surface area contributed by atoms with Gasteiger partial charge in [-0.2, -0.15) is 4.57 Å². The summed E-state index contributed by atoms with van der Waals surface area (Å²) in [7, 11) is 1.25. The molecule has 0 saturated carbocycles. The molecule has 3 aromatic heterocycles. The fourth-order valence-electron chi connectivity index (χ4n) is 4.20. The SMILES string of the molecule is CO/N=C(\C(=O)NC1C(=O)N2C(C(=O)[O-])=C(C[n+]3cccc4oc(C(=O)O)cc43)CS[C@H]12)c1csc(N)n1. The molecule has 2 aliphatic rings. The van der Waals surface area contributed by atoms with Crippen LogP contribution in [0.3, 0.4) is 0 Å². The van der Waals surface area contributed by atoms with Crippen LogP contribution in [0.15, 0.2) is 50.6 Å². The van der Waals surface area contributed by atoms with Gasteiger partial charge in [0, 0.05) is 22.8 Å². The second kappa shape index (κ2) is 9.79. The van der Waals surface area contributed by atoms with E-state index in [-0.39, 0.29) is 40.3 Å². The number of rotatable bonds is 8. The molecule has 0 radical (unpaired) electrons. The van der Waals surface area contributed by atoms with Crippen molar-refractivity contribution in [3.05, 3.63) is 52.5 Å². The van der Waals surface area contributed by atoms with Gasteiger partial charge in [0.15, 0.2) is 29.2 Å². The average Bonchev–Trinajstić information content (AvgIpc) is 3.52. The number of nitrogen functional groups attached to an aromatic ring is 1. The van der Waals surface area contributed by atoms with Gasteiger partial charge < -0.3 is 35.3 Å². The molecule has 1 unspecified atom stereocenters. The van der Waals surface area contributed by atoms with Crippen LogP contribution >= 0.6 is 23.1 Å².